The first-order chi connectivity index (χ1) is 12.0. The van der Waals surface area contributed by atoms with Crippen molar-refractivity contribution in [2.45, 2.75) is 19.9 Å². The molecule has 3 rings (SSSR count). The number of nitrogens with zero attached hydrogens (tertiary/aromatic N) is 2. The third-order valence-corrected chi connectivity index (χ3v) is 4.99. The average molecular weight is 357 g/mol. The second-order valence-electron chi connectivity index (χ2n) is 6.52. The van der Waals surface area contributed by atoms with Crippen LogP contribution in [0.15, 0.2) is 48.5 Å². The molecule has 0 spiro atoms. The lowest BCUT2D eigenvalue weighted by atomic mass is 10.1. The molecule has 0 aliphatic carbocycles. The molecular weight excluding hydrogens is 336 g/mol. The molecule has 1 heterocycles. The Morgan fingerprint density at radius 1 is 1.24 bits per heavy atom. The Bertz CT molecular complexity index is 792. The summed E-state index contributed by atoms with van der Waals surface area (Å²) in [6.45, 7) is 2.86. The lowest BCUT2D eigenvalue weighted by Gasteiger charge is -2.22. The topological polar surface area (TPSA) is 40.6 Å². The molecule has 2 aromatic rings. The second kappa shape index (κ2) is 7.28. The van der Waals surface area contributed by atoms with Crippen molar-refractivity contribution in [1.82, 2.24) is 4.90 Å². The van der Waals surface area contributed by atoms with Gasteiger partial charge in [0.05, 0.1) is 5.92 Å². The highest BCUT2D eigenvalue weighted by molar-refractivity contribution is 6.31. The maximum absolute atomic E-state index is 12.7. The minimum atomic E-state index is -0.318. The minimum Gasteiger partial charge on any atom is -0.341 e. The van der Waals surface area contributed by atoms with Gasteiger partial charge in [-0.05, 0) is 30.2 Å². The molecule has 2 aromatic carbocycles. The largest absolute Gasteiger partial charge is 0.341 e. The van der Waals surface area contributed by atoms with Gasteiger partial charge in [-0.2, -0.15) is 0 Å². The van der Waals surface area contributed by atoms with Gasteiger partial charge in [0.1, 0.15) is 0 Å². The van der Waals surface area contributed by atoms with Gasteiger partial charge in [-0.15, -0.1) is 0 Å². The quantitative estimate of drug-likeness (QED) is 0.838. The number of aryl methyl sites for hydroxylation is 1. The number of rotatable bonds is 4. The van der Waals surface area contributed by atoms with E-state index in [0.717, 1.165) is 16.8 Å². The summed E-state index contributed by atoms with van der Waals surface area (Å²) in [5.74, 6) is -0.356. The van der Waals surface area contributed by atoms with Crippen molar-refractivity contribution in [1.29, 1.82) is 0 Å². The SMILES string of the molecule is Cc1ccc(N2C[C@H](C(=O)N(C)Cc3ccccc3)CC2=O)cc1Cl. The summed E-state index contributed by atoms with van der Waals surface area (Å²) in [5, 5.41) is 0.626. The van der Waals surface area contributed by atoms with Gasteiger partial charge in [0.2, 0.25) is 11.8 Å². The van der Waals surface area contributed by atoms with E-state index in [2.05, 4.69) is 0 Å². The van der Waals surface area contributed by atoms with E-state index in [1.807, 2.05) is 49.4 Å². The van der Waals surface area contributed by atoms with E-state index in [9.17, 15) is 9.59 Å². The Balaban J connectivity index is 1.69. The van der Waals surface area contributed by atoms with Crippen molar-refractivity contribution in [3.8, 4) is 0 Å². The fourth-order valence-corrected chi connectivity index (χ4v) is 3.29. The van der Waals surface area contributed by atoms with E-state index in [0.29, 0.717) is 18.1 Å². The van der Waals surface area contributed by atoms with Gasteiger partial charge >= 0.3 is 0 Å². The molecule has 4 nitrogen and oxygen atoms in total. The molecule has 1 aliphatic heterocycles. The van der Waals surface area contributed by atoms with Gasteiger partial charge in [-0.3, -0.25) is 9.59 Å². The van der Waals surface area contributed by atoms with Gasteiger partial charge in [-0.1, -0.05) is 48.0 Å². The molecule has 1 fully saturated rings. The van der Waals surface area contributed by atoms with Crippen molar-refractivity contribution in [2.24, 2.45) is 5.92 Å². The average Bonchev–Trinajstić information content (AvgIpc) is 2.99. The van der Waals surface area contributed by atoms with Gasteiger partial charge in [0.25, 0.3) is 0 Å². The van der Waals surface area contributed by atoms with E-state index >= 15 is 0 Å². The van der Waals surface area contributed by atoms with Gasteiger partial charge in [-0.25, -0.2) is 0 Å². The highest BCUT2D eigenvalue weighted by Gasteiger charge is 2.36. The minimum absolute atomic E-state index is 0.00193. The molecule has 0 unspecified atom stereocenters. The Morgan fingerprint density at radius 3 is 2.64 bits per heavy atom. The predicted octanol–water partition coefficient (Wildman–Crippen LogP) is 3.66. The van der Waals surface area contributed by atoms with E-state index < -0.39 is 0 Å². The number of amides is 2. The third kappa shape index (κ3) is 3.85. The number of hydrogen-bond donors (Lipinski definition) is 0. The standard InChI is InChI=1S/C20H21ClN2O2/c1-14-8-9-17(11-18(14)21)23-13-16(10-19(23)24)20(25)22(2)12-15-6-4-3-5-7-15/h3-9,11,16H,10,12-13H2,1-2H3/t16-/m1/s1. The fourth-order valence-electron chi connectivity index (χ4n) is 3.12. The van der Waals surface area contributed by atoms with Crippen LogP contribution in [-0.4, -0.2) is 30.3 Å². The number of anilines is 1. The molecular formula is C20H21ClN2O2. The maximum atomic E-state index is 12.7. The molecule has 25 heavy (non-hydrogen) atoms. The van der Waals surface area contributed by atoms with E-state index in [1.54, 1.807) is 22.9 Å². The Morgan fingerprint density at radius 2 is 1.96 bits per heavy atom. The normalized spacial score (nSPS) is 17.0. The first-order valence-electron chi connectivity index (χ1n) is 8.31. The number of carbonyl (C=O) groups is 2. The zero-order valence-corrected chi connectivity index (χ0v) is 15.2. The zero-order chi connectivity index (χ0) is 18.0. The van der Waals surface area contributed by atoms with Crippen LogP contribution in [0, 0.1) is 12.8 Å². The van der Waals surface area contributed by atoms with Crippen LogP contribution in [0.3, 0.4) is 0 Å². The number of carbonyl (C=O) groups excluding carboxylic acids is 2. The Labute approximate surface area is 153 Å². The predicted molar refractivity (Wildman–Crippen MR) is 99.6 cm³/mol. The van der Waals surface area contributed by atoms with Crippen LogP contribution < -0.4 is 4.90 Å². The summed E-state index contributed by atoms with van der Waals surface area (Å²) in [5.41, 5.74) is 2.79. The summed E-state index contributed by atoms with van der Waals surface area (Å²) < 4.78 is 0. The molecule has 0 N–H and O–H groups in total. The molecule has 2 amide bonds. The van der Waals surface area contributed by atoms with E-state index in [4.69, 9.17) is 11.6 Å². The van der Waals surface area contributed by atoms with Crippen LogP contribution in [0.4, 0.5) is 5.69 Å². The van der Waals surface area contributed by atoms with Crippen molar-refractivity contribution in [3.05, 3.63) is 64.7 Å². The smallest absolute Gasteiger partial charge is 0.228 e. The summed E-state index contributed by atoms with van der Waals surface area (Å²) in [6, 6.07) is 15.4. The van der Waals surface area contributed by atoms with Crippen LogP contribution in [0.25, 0.3) is 0 Å². The van der Waals surface area contributed by atoms with Crippen molar-refractivity contribution >= 4 is 29.1 Å². The summed E-state index contributed by atoms with van der Waals surface area (Å²) in [4.78, 5) is 28.4. The summed E-state index contributed by atoms with van der Waals surface area (Å²) in [6.07, 6.45) is 0.240. The van der Waals surface area contributed by atoms with Crippen molar-refractivity contribution in [3.63, 3.8) is 0 Å². The Kier molecular flexibility index (Phi) is 5.09. The van der Waals surface area contributed by atoms with Gasteiger partial charge in [0, 0.05) is 37.3 Å². The summed E-state index contributed by atoms with van der Waals surface area (Å²) >= 11 is 6.17. The molecule has 1 aliphatic rings. The lowest BCUT2D eigenvalue weighted by Crippen LogP contribution is -2.34. The maximum Gasteiger partial charge on any atom is 0.228 e. The first-order valence-corrected chi connectivity index (χ1v) is 8.69. The van der Waals surface area contributed by atoms with Crippen LogP contribution in [-0.2, 0) is 16.1 Å². The van der Waals surface area contributed by atoms with Crippen LogP contribution in [0.2, 0.25) is 5.02 Å². The molecule has 0 saturated carbocycles. The third-order valence-electron chi connectivity index (χ3n) is 4.58. The molecule has 0 aromatic heterocycles. The monoisotopic (exact) mass is 356 g/mol. The lowest BCUT2D eigenvalue weighted by molar-refractivity contribution is -0.135. The molecule has 130 valence electrons. The van der Waals surface area contributed by atoms with Crippen LogP contribution in [0.5, 0.6) is 0 Å². The first kappa shape index (κ1) is 17.5. The number of benzene rings is 2. The van der Waals surface area contributed by atoms with Crippen LogP contribution in [0.1, 0.15) is 17.5 Å². The molecule has 1 atom stereocenters. The highest BCUT2D eigenvalue weighted by atomic mass is 35.5. The van der Waals surface area contributed by atoms with Crippen molar-refractivity contribution in [2.75, 3.05) is 18.5 Å². The van der Waals surface area contributed by atoms with E-state index in [-0.39, 0.29) is 24.2 Å². The zero-order valence-electron chi connectivity index (χ0n) is 14.4. The van der Waals surface area contributed by atoms with Crippen LogP contribution >= 0.6 is 11.6 Å². The highest BCUT2D eigenvalue weighted by Crippen LogP contribution is 2.29. The molecule has 1 saturated heterocycles. The van der Waals surface area contributed by atoms with Gasteiger partial charge < -0.3 is 9.80 Å². The second-order valence-corrected chi connectivity index (χ2v) is 6.93. The number of halogens is 1. The summed E-state index contributed by atoms with van der Waals surface area (Å²) in [7, 11) is 1.78. The number of hydrogen-bond acceptors (Lipinski definition) is 2. The fraction of sp³-hybridized carbons (Fsp3) is 0.300. The Hall–Kier alpha value is -2.33. The van der Waals surface area contributed by atoms with Crippen molar-refractivity contribution < 1.29 is 9.59 Å². The molecule has 0 radical (unpaired) electrons. The van der Waals surface area contributed by atoms with E-state index in [1.165, 1.54) is 0 Å². The molecule has 0 bridgehead atoms. The van der Waals surface area contributed by atoms with Gasteiger partial charge in [0.15, 0.2) is 0 Å². The molecule has 5 heteroatoms.